The van der Waals surface area contributed by atoms with Gasteiger partial charge < -0.3 is 14.6 Å². The van der Waals surface area contributed by atoms with Gasteiger partial charge in [-0.1, -0.05) is 47.1 Å². The van der Waals surface area contributed by atoms with Gasteiger partial charge in [0, 0.05) is 17.6 Å². The maximum absolute atomic E-state index is 12.3. The van der Waals surface area contributed by atoms with Crippen LogP contribution in [-0.2, 0) is 17.9 Å². The predicted octanol–water partition coefficient (Wildman–Crippen LogP) is 4.82. The first-order valence-corrected chi connectivity index (χ1v) is 10.8. The number of nitrogens with one attached hydrogen (secondary N) is 1. The van der Waals surface area contributed by atoms with Gasteiger partial charge in [0.2, 0.25) is 5.91 Å². The van der Waals surface area contributed by atoms with Crippen LogP contribution < -0.4 is 10.1 Å². The Morgan fingerprint density at radius 2 is 2.03 bits per heavy atom. The van der Waals surface area contributed by atoms with Crippen molar-refractivity contribution in [1.29, 1.82) is 0 Å². The van der Waals surface area contributed by atoms with Crippen molar-refractivity contribution in [2.75, 3.05) is 11.1 Å². The fourth-order valence-electron chi connectivity index (χ4n) is 2.64. The molecule has 1 heterocycles. The molecule has 0 fully saturated rings. The van der Waals surface area contributed by atoms with Crippen LogP contribution in [0.1, 0.15) is 12.7 Å². The van der Waals surface area contributed by atoms with Crippen LogP contribution in [0.15, 0.2) is 47.6 Å². The monoisotopic (exact) mass is 481 g/mol. The number of nitro benzene ring substituents is 1. The van der Waals surface area contributed by atoms with Gasteiger partial charge in [-0.25, -0.2) is 0 Å². The summed E-state index contributed by atoms with van der Waals surface area (Å²) in [6.07, 6.45) is 0. The van der Waals surface area contributed by atoms with Crippen LogP contribution in [0.3, 0.4) is 0 Å². The molecule has 2 aromatic carbocycles. The molecule has 0 bridgehead atoms. The lowest BCUT2D eigenvalue weighted by atomic mass is 10.2. The van der Waals surface area contributed by atoms with Crippen molar-refractivity contribution in [2.45, 2.75) is 25.2 Å². The highest BCUT2D eigenvalue weighted by Crippen LogP contribution is 2.28. The Labute approximate surface area is 191 Å². The van der Waals surface area contributed by atoms with Crippen molar-refractivity contribution in [3.63, 3.8) is 0 Å². The molecule has 0 aliphatic carbocycles. The zero-order valence-corrected chi connectivity index (χ0v) is 18.6. The first kappa shape index (κ1) is 22.9. The Kier molecular flexibility index (Phi) is 7.72. The average Bonchev–Trinajstić information content (AvgIpc) is 3.13. The molecule has 0 saturated heterocycles. The number of nitro groups is 1. The average molecular weight is 482 g/mol. The molecular weight excluding hydrogens is 465 g/mol. The molecule has 0 radical (unpaired) electrons. The van der Waals surface area contributed by atoms with Crippen LogP contribution >= 0.6 is 35.0 Å². The van der Waals surface area contributed by atoms with E-state index < -0.39 is 10.8 Å². The van der Waals surface area contributed by atoms with Gasteiger partial charge in [0.05, 0.1) is 15.7 Å². The van der Waals surface area contributed by atoms with Crippen LogP contribution in [0.2, 0.25) is 10.0 Å². The van der Waals surface area contributed by atoms with Crippen molar-refractivity contribution in [3.05, 3.63) is 68.4 Å². The molecule has 0 aliphatic heterocycles. The van der Waals surface area contributed by atoms with Crippen molar-refractivity contribution in [1.82, 2.24) is 14.8 Å². The number of benzene rings is 2. The third kappa shape index (κ3) is 5.87. The van der Waals surface area contributed by atoms with E-state index in [1.807, 2.05) is 11.5 Å². The van der Waals surface area contributed by atoms with Gasteiger partial charge >= 0.3 is 0 Å². The highest BCUT2D eigenvalue weighted by Gasteiger charge is 2.17. The minimum atomic E-state index is -0.546. The minimum Gasteiger partial charge on any atom is -0.484 e. The zero-order valence-electron chi connectivity index (χ0n) is 16.2. The van der Waals surface area contributed by atoms with E-state index in [2.05, 4.69) is 15.5 Å². The van der Waals surface area contributed by atoms with Gasteiger partial charge in [0.1, 0.15) is 18.0 Å². The summed E-state index contributed by atoms with van der Waals surface area (Å²) in [6.45, 7) is 2.61. The lowest BCUT2D eigenvalue weighted by molar-refractivity contribution is -0.383. The van der Waals surface area contributed by atoms with Crippen LogP contribution in [0.4, 0.5) is 11.4 Å². The first-order valence-electron chi connectivity index (χ1n) is 9.05. The Hall–Kier alpha value is -2.82. The molecule has 1 amide bonds. The molecule has 3 rings (SSSR count). The standard InChI is InChI=1S/C19H17Cl2N5O4S/c1-2-25-17(10-30-16-8-7-12(20)9-13(16)21)23-24-19(25)31-11-18(27)22-14-5-3-4-6-15(14)26(28)29/h3-9H,2,10-11H2,1H3,(H,22,27). The third-order valence-corrected chi connectivity index (χ3v) is 5.56. The van der Waals surface area contributed by atoms with Crippen molar-refractivity contribution in [2.24, 2.45) is 0 Å². The summed E-state index contributed by atoms with van der Waals surface area (Å²) in [6, 6.07) is 10.9. The molecular formula is C19H17Cl2N5O4S. The van der Waals surface area contributed by atoms with Crippen molar-refractivity contribution in [3.8, 4) is 5.75 Å². The van der Waals surface area contributed by atoms with Crippen LogP contribution in [0, 0.1) is 10.1 Å². The Morgan fingerprint density at radius 1 is 1.26 bits per heavy atom. The van der Waals surface area contributed by atoms with E-state index in [1.54, 1.807) is 24.3 Å². The molecule has 162 valence electrons. The number of thioether (sulfide) groups is 1. The fourth-order valence-corrected chi connectivity index (χ4v) is 3.92. The van der Waals surface area contributed by atoms with Crippen molar-refractivity contribution >= 4 is 52.2 Å². The topological polar surface area (TPSA) is 112 Å². The lowest BCUT2D eigenvalue weighted by Gasteiger charge is -2.10. The maximum Gasteiger partial charge on any atom is 0.292 e. The van der Waals surface area contributed by atoms with Gasteiger partial charge in [-0.3, -0.25) is 14.9 Å². The number of hydrogen-bond acceptors (Lipinski definition) is 7. The third-order valence-electron chi connectivity index (χ3n) is 4.07. The van der Waals surface area contributed by atoms with E-state index in [0.29, 0.717) is 33.3 Å². The summed E-state index contributed by atoms with van der Waals surface area (Å²) in [7, 11) is 0. The van der Waals surface area contributed by atoms with Gasteiger partial charge in [-0.15, -0.1) is 10.2 Å². The van der Waals surface area contributed by atoms with E-state index in [1.165, 1.54) is 30.0 Å². The number of anilines is 1. The SMILES string of the molecule is CCn1c(COc2ccc(Cl)cc2Cl)nnc1SCC(=O)Nc1ccccc1[N+](=O)[O-]. The Bertz CT molecular complexity index is 1110. The van der Waals surface area contributed by atoms with Crippen LogP contribution in [0.5, 0.6) is 5.75 Å². The number of nitrogens with zero attached hydrogens (tertiary/aromatic N) is 4. The summed E-state index contributed by atoms with van der Waals surface area (Å²) in [5.74, 6) is 0.647. The number of carbonyl (C=O) groups excluding carboxylic acids is 1. The number of amides is 1. The zero-order chi connectivity index (χ0) is 22.4. The highest BCUT2D eigenvalue weighted by atomic mass is 35.5. The molecule has 0 unspecified atom stereocenters. The summed E-state index contributed by atoms with van der Waals surface area (Å²) >= 11 is 13.2. The number of aromatic nitrogens is 3. The van der Waals surface area contributed by atoms with Gasteiger partial charge in [-0.2, -0.15) is 0 Å². The van der Waals surface area contributed by atoms with Gasteiger partial charge in [0.25, 0.3) is 5.69 Å². The predicted molar refractivity (Wildman–Crippen MR) is 119 cm³/mol. The van der Waals surface area contributed by atoms with E-state index in [0.717, 1.165) is 0 Å². The molecule has 1 aromatic heterocycles. The second-order valence-electron chi connectivity index (χ2n) is 6.12. The van der Waals surface area contributed by atoms with Crippen LogP contribution in [0.25, 0.3) is 0 Å². The minimum absolute atomic E-state index is 0.00799. The fraction of sp³-hybridized carbons (Fsp3) is 0.211. The molecule has 0 saturated carbocycles. The van der Waals surface area contributed by atoms with Gasteiger partial charge in [-0.05, 0) is 31.2 Å². The highest BCUT2D eigenvalue weighted by molar-refractivity contribution is 7.99. The number of halogens is 2. The number of ether oxygens (including phenoxy) is 1. The Morgan fingerprint density at radius 3 is 2.74 bits per heavy atom. The van der Waals surface area contributed by atoms with E-state index in [-0.39, 0.29) is 23.7 Å². The van der Waals surface area contributed by atoms with Crippen molar-refractivity contribution < 1.29 is 14.5 Å². The number of para-hydroxylation sites is 2. The quantitative estimate of drug-likeness (QED) is 0.264. The molecule has 9 nitrogen and oxygen atoms in total. The molecule has 3 aromatic rings. The van der Waals surface area contributed by atoms with E-state index in [9.17, 15) is 14.9 Å². The number of carbonyl (C=O) groups is 1. The molecule has 31 heavy (non-hydrogen) atoms. The summed E-state index contributed by atoms with van der Waals surface area (Å²) in [5.41, 5.74) is -0.0261. The second-order valence-corrected chi connectivity index (χ2v) is 7.90. The molecule has 0 spiro atoms. The number of hydrogen-bond donors (Lipinski definition) is 1. The van der Waals surface area contributed by atoms with E-state index >= 15 is 0 Å². The maximum atomic E-state index is 12.3. The summed E-state index contributed by atoms with van der Waals surface area (Å²) in [4.78, 5) is 22.8. The molecule has 0 atom stereocenters. The number of rotatable bonds is 9. The smallest absolute Gasteiger partial charge is 0.292 e. The van der Waals surface area contributed by atoms with Crippen LogP contribution in [-0.4, -0.2) is 31.3 Å². The van der Waals surface area contributed by atoms with Gasteiger partial charge in [0.15, 0.2) is 11.0 Å². The first-order chi connectivity index (χ1) is 14.9. The summed E-state index contributed by atoms with van der Waals surface area (Å²) in [5, 5.41) is 23.3. The summed E-state index contributed by atoms with van der Waals surface area (Å²) < 4.78 is 7.52. The largest absolute Gasteiger partial charge is 0.484 e. The van der Waals surface area contributed by atoms with E-state index in [4.69, 9.17) is 27.9 Å². The normalized spacial score (nSPS) is 10.7. The lowest BCUT2D eigenvalue weighted by Crippen LogP contribution is -2.15. The molecule has 1 N–H and O–H groups in total. The molecule has 0 aliphatic rings. The molecule has 12 heteroatoms. The Balaban J connectivity index is 1.62. The second kappa shape index (κ2) is 10.5.